The van der Waals surface area contributed by atoms with E-state index in [2.05, 4.69) is 15.6 Å². The van der Waals surface area contributed by atoms with Crippen LogP contribution < -0.4 is 15.4 Å². The van der Waals surface area contributed by atoms with E-state index in [0.29, 0.717) is 17.7 Å². The number of carbonyl (C=O) groups is 3. The van der Waals surface area contributed by atoms with Crippen molar-refractivity contribution in [3.63, 3.8) is 0 Å². The Morgan fingerprint density at radius 2 is 1.63 bits per heavy atom. The maximum absolute atomic E-state index is 12.9. The second-order valence-electron chi connectivity index (χ2n) is 7.59. The Morgan fingerprint density at radius 3 is 2.29 bits per heavy atom. The summed E-state index contributed by atoms with van der Waals surface area (Å²) in [5, 5.41) is 5.04. The van der Waals surface area contributed by atoms with E-state index in [0.717, 1.165) is 12.1 Å². The maximum atomic E-state index is 12.9. The van der Waals surface area contributed by atoms with Crippen LogP contribution in [0.15, 0.2) is 60.8 Å². The van der Waals surface area contributed by atoms with Crippen molar-refractivity contribution in [1.29, 1.82) is 0 Å². The van der Waals surface area contributed by atoms with E-state index in [1.165, 1.54) is 42.6 Å². The largest absolute Gasteiger partial charge is 0.424 e. The number of hydrogen-bond donors (Lipinski definition) is 2. The fourth-order valence-electron chi connectivity index (χ4n) is 3.08. The number of esters is 1. The van der Waals surface area contributed by atoms with E-state index < -0.39 is 29.5 Å². The van der Waals surface area contributed by atoms with Gasteiger partial charge in [0.2, 0.25) is 0 Å². The molecule has 0 unspecified atom stereocenters. The summed E-state index contributed by atoms with van der Waals surface area (Å²) in [7, 11) is 0. The van der Waals surface area contributed by atoms with Crippen LogP contribution in [0.4, 0.5) is 24.5 Å². The minimum atomic E-state index is -4.53. The third-order valence-corrected chi connectivity index (χ3v) is 4.84. The van der Waals surface area contributed by atoms with Crippen molar-refractivity contribution in [2.75, 3.05) is 10.6 Å². The number of anilines is 2. The molecule has 2 aromatic carbocycles. The molecule has 1 heterocycles. The monoisotopic (exact) mass is 485 g/mol. The zero-order chi connectivity index (χ0) is 25.6. The van der Waals surface area contributed by atoms with Crippen molar-refractivity contribution in [1.82, 2.24) is 4.98 Å². The van der Waals surface area contributed by atoms with Crippen molar-refractivity contribution >= 4 is 29.2 Å². The molecule has 35 heavy (non-hydrogen) atoms. The normalized spacial score (nSPS) is 11.0. The quantitative estimate of drug-likeness (QED) is 0.424. The SMILES string of the molecule is CCCC(=O)Oc1c(C)ccnc1C(=O)Nc1ccc(C(=O)Nc2cccc(C(F)(F)F)c2)cc1. The van der Waals surface area contributed by atoms with Gasteiger partial charge in [-0.3, -0.25) is 14.4 Å². The lowest BCUT2D eigenvalue weighted by molar-refractivity contribution is -0.137. The number of hydrogen-bond acceptors (Lipinski definition) is 5. The number of rotatable bonds is 7. The second-order valence-corrected chi connectivity index (χ2v) is 7.59. The molecule has 0 bridgehead atoms. The van der Waals surface area contributed by atoms with Crippen molar-refractivity contribution in [3.8, 4) is 5.75 Å². The van der Waals surface area contributed by atoms with E-state index in [-0.39, 0.29) is 29.1 Å². The van der Waals surface area contributed by atoms with E-state index >= 15 is 0 Å². The van der Waals surface area contributed by atoms with E-state index in [9.17, 15) is 27.6 Å². The molecule has 3 rings (SSSR count). The molecule has 0 aliphatic heterocycles. The first-order chi connectivity index (χ1) is 16.6. The van der Waals surface area contributed by atoms with Crippen LogP contribution in [0.5, 0.6) is 5.75 Å². The molecular formula is C25H22F3N3O4. The Hall–Kier alpha value is -4.21. The first kappa shape index (κ1) is 25.4. The summed E-state index contributed by atoms with van der Waals surface area (Å²) in [5.41, 5.74) is 0.121. The van der Waals surface area contributed by atoms with Gasteiger partial charge in [0.25, 0.3) is 11.8 Å². The Kier molecular flexibility index (Phi) is 7.85. The molecule has 2 amide bonds. The number of nitrogens with zero attached hydrogens (tertiary/aromatic N) is 1. The first-order valence-corrected chi connectivity index (χ1v) is 10.6. The molecule has 0 radical (unpaired) electrons. The van der Waals surface area contributed by atoms with Crippen LogP contribution in [0.3, 0.4) is 0 Å². The average Bonchev–Trinajstić information content (AvgIpc) is 2.80. The summed E-state index contributed by atoms with van der Waals surface area (Å²) in [4.78, 5) is 41.1. The molecule has 2 N–H and O–H groups in total. The predicted molar refractivity (Wildman–Crippen MR) is 123 cm³/mol. The summed E-state index contributed by atoms with van der Waals surface area (Å²) < 4.78 is 43.9. The molecule has 0 spiro atoms. The number of pyridine rings is 1. The van der Waals surface area contributed by atoms with Gasteiger partial charge in [0.05, 0.1) is 5.56 Å². The van der Waals surface area contributed by atoms with Crippen LogP contribution in [0.25, 0.3) is 0 Å². The molecular weight excluding hydrogens is 463 g/mol. The van der Waals surface area contributed by atoms with Gasteiger partial charge >= 0.3 is 12.1 Å². The van der Waals surface area contributed by atoms with Crippen molar-refractivity contribution < 1.29 is 32.3 Å². The minimum Gasteiger partial charge on any atom is -0.424 e. The topological polar surface area (TPSA) is 97.4 Å². The number of carbonyl (C=O) groups excluding carboxylic acids is 3. The van der Waals surface area contributed by atoms with Crippen LogP contribution >= 0.6 is 0 Å². The van der Waals surface area contributed by atoms with Gasteiger partial charge in [-0.15, -0.1) is 0 Å². The molecule has 0 fully saturated rings. The highest BCUT2D eigenvalue weighted by atomic mass is 19.4. The lowest BCUT2D eigenvalue weighted by Crippen LogP contribution is -2.18. The highest BCUT2D eigenvalue weighted by Crippen LogP contribution is 2.31. The lowest BCUT2D eigenvalue weighted by Gasteiger charge is -2.12. The summed E-state index contributed by atoms with van der Waals surface area (Å²) in [5.74, 6) is -1.64. The number of aromatic nitrogens is 1. The van der Waals surface area contributed by atoms with Gasteiger partial charge < -0.3 is 15.4 Å². The van der Waals surface area contributed by atoms with Gasteiger partial charge in [-0.2, -0.15) is 13.2 Å². The molecule has 7 nitrogen and oxygen atoms in total. The number of benzene rings is 2. The molecule has 0 saturated carbocycles. The highest BCUT2D eigenvalue weighted by Gasteiger charge is 2.30. The molecule has 0 saturated heterocycles. The Labute approximate surface area is 199 Å². The van der Waals surface area contributed by atoms with E-state index in [1.807, 2.05) is 6.92 Å². The number of alkyl halides is 3. The average molecular weight is 485 g/mol. The zero-order valence-corrected chi connectivity index (χ0v) is 18.9. The summed E-state index contributed by atoms with van der Waals surface area (Å²) >= 11 is 0. The summed E-state index contributed by atoms with van der Waals surface area (Å²) in [6, 6.07) is 11.6. The smallest absolute Gasteiger partial charge is 0.416 e. The lowest BCUT2D eigenvalue weighted by atomic mass is 10.1. The first-order valence-electron chi connectivity index (χ1n) is 10.6. The fraction of sp³-hybridized carbons (Fsp3) is 0.200. The third-order valence-electron chi connectivity index (χ3n) is 4.84. The minimum absolute atomic E-state index is 0.00197. The fourth-order valence-corrected chi connectivity index (χ4v) is 3.08. The third kappa shape index (κ3) is 6.66. The molecule has 10 heteroatoms. The Morgan fingerprint density at radius 1 is 0.943 bits per heavy atom. The molecule has 1 aromatic heterocycles. The molecule has 3 aromatic rings. The van der Waals surface area contributed by atoms with Gasteiger partial charge in [-0.25, -0.2) is 4.98 Å². The molecule has 0 atom stereocenters. The van der Waals surface area contributed by atoms with Gasteiger partial charge in [0.1, 0.15) is 0 Å². The van der Waals surface area contributed by atoms with E-state index in [4.69, 9.17) is 4.74 Å². The molecule has 182 valence electrons. The number of nitrogens with one attached hydrogen (secondary N) is 2. The van der Waals surface area contributed by atoms with Gasteiger partial charge in [-0.1, -0.05) is 13.0 Å². The molecule has 0 aliphatic carbocycles. The van der Waals surface area contributed by atoms with E-state index in [1.54, 1.807) is 13.0 Å². The van der Waals surface area contributed by atoms with Crippen molar-refractivity contribution in [2.24, 2.45) is 0 Å². The van der Waals surface area contributed by atoms with Crippen LogP contribution in [-0.4, -0.2) is 22.8 Å². The standard InChI is InChI=1S/C25H22F3N3O4/c1-3-5-20(32)35-22-15(2)12-13-29-21(22)24(34)30-18-10-8-16(9-11-18)23(33)31-19-7-4-6-17(14-19)25(26,27)28/h4,6-14H,3,5H2,1-2H3,(H,30,34)(H,31,33). The second kappa shape index (κ2) is 10.8. The van der Waals surface area contributed by atoms with Crippen LogP contribution in [0.2, 0.25) is 0 Å². The summed E-state index contributed by atoms with van der Waals surface area (Å²) in [6.07, 6.45) is -2.32. The highest BCUT2D eigenvalue weighted by molar-refractivity contribution is 6.07. The Balaban J connectivity index is 1.70. The van der Waals surface area contributed by atoms with Crippen LogP contribution in [-0.2, 0) is 11.0 Å². The van der Waals surface area contributed by atoms with Crippen LogP contribution in [0, 0.1) is 6.92 Å². The maximum Gasteiger partial charge on any atom is 0.416 e. The van der Waals surface area contributed by atoms with Crippen molar-refractivity contribution in [2.45, 2.75) is 32.9 Å². The van der Waals surface area contributed by atoms with Gasteiger partial charge in [-0.05, 0) is 67.4 Å². The number of halogens is 3. The number of ether oxygens (including phenoxy) is 1. The van der Waals surface area contributed by atoms with Gasteiger partial charge in [0, 0.05) is 29.6 Å². The summed E-state index contributed by atoms with van der Waals surface area (Å²) in [6.45, 7) is 3.51. The van der Waals surface area contributed by atoms with Gasteiger partial charge in [0.15, 0.2) is 11.4 Å². The molecule has 0 aliphatic rings. The van der Waals surface area contributed by atoms with Crippen molar-refractivity contribution in [3.05, 3.63) is 83.2 Å². The number of amides is 2. The number of aryl methyl sites for hydroxylation is 1. The Bertz CT molecular complexity index is 1240. The predicted octanol–water partition coefficient (Wildman–Crippen LogP) is 5.62. The zero-order valence-electron chi connectivity index (χ0n) is 18.9. The van der Waals surface area contributed by atoms with Crippen LogP contribution in [0.1, 0.15) is 51.7 Å².